The third kappa shape index (κ3) is 3.34. The van der Waals surface area contributed by atoms with Crippen LogP contribution in [0.15, 0.2) is 6.07 Å². The van der Waals surface area contributed by atoms with E-state index in [1.54, 1.807) is 0 Å². The van der Waals surface area contributed by atoms with E-state index in [1.165, 1.54) is 19.3 Å². The molecule has 1 heterocycles. The van der Waals surface area contributed by atoms with Crippen molar-refractivity contribution in [2.24, 2.45) is 11.8 Å². The van der Waals surface area contributed by atoms with Crippen LogP contribution in [0.4, 0.5) is 11.6 Å². The van der Waals surface area contributed by atoms with E-state index in [1.807, 2.05) is 13.0 Å². The van der Waals surface area contributed by atoms with E-state index in [0.29, 0.717) is 0 Å². The first-order valence-electron chi connectivity index (χ1n) is 7.02. The zero-order chi connectivity index (χ0) is 13.0. The van der Waals surface area contributed by atoms with Gasteiger partial charge in [0.05, 0.1) is 0 Å². The van der Waals surface area contributed by atoms with E-state index in [0.717, 1.165) is 42.4 Å². The standard InChI is InChI=1S/C14H24N4/c1-4-15-13-8-14(18-11(3)17-13)16-9-12-7-5-6-10(12)2/h8,10,12H,4-7,9H2,1-3H3,(H2,15,16,17,18). The molecule has 4 nitrogen and oxygen atoms in total. The van der Waals surface area contributed by atoms with Crippen LogP contribution in [0.5, 0.6) is 0 Å². The summed E-state index contributed by atoms with van der Waals surface area (Å²) in [5.74, 6) is 4.30. The SMILES string of the molecule is CCNc1cc(NCC2CCCC2C)nc(C)n1. The molecule has 18 heavy (non-hydrogen) atoms. The van der Waals surface area contributed by atoms with Gasteiger partial charge in [0.2, 0.25) is 0 Å². The first kappa shape index (κ1) is 13.1. The number of aromatic nitrogens is 2. The number of hydrogen-bond acceptors (Lipinski definition) is 4. The molecule has 1 aromatic rings. The molecular weight excluding hydrogens is 224 g/mol. The molecule has 2 unspecified atom stereocenters. The average molecular weight is 248 g/mol. The maximum absolute atomic E-state index is 4.44. The van der Waals surface area contributed by atoms with Crippen molar-refractivity contribution in [1.29, 1.82) is 0 Å². The molecule has 2 atom stereocenters. The van der Waals surface area contributed by atoms with Gasteiger partial charge in [-0.3, -0.25) is 0 Å². The fourth-order valence-electron chi connectivity index (χ4n) is 2.69. The van der Waals surface area contributed by atoms with E-state index in [9.17, 15) is 0 Å². The van der Waals surface area contributed by atoms with Crippen LogP contribution >= 0.6 is 0 Å². The molecule has 1 aliphatic carbocycles. The van der Waals surface area contributed by atoms with Crippen LogP contribution in [0, 0.1) is 18.8 Å². The van der Waals surface area contributed by atoms with Crippen LogP contribution in [0.3, 0.4) is 0 Å². The minimum Gasteiger partial charge on any atom is -0.370 e. The third-order valence-electron chi connectivity index (χ3n) is 3.78. The van der Waals surface area contributed by atoms with Crippen molar-refractivity contribution in [2.75, 3.05) is 23.7 Å². The summed E-state index contributed by atoms with van der Waals surface area (Å²) in [5.41, 5.74) is 0. The summed E-state index contributed by atoms with van der Waals surface area (Å²) in [6.45, 7) is 8.28. The van der Waals surface area contributed by atoms with Gasteiger partial charge in [0.1, 0.15) is 17.5 Å². The topological polar surface area (TPSA) is 49.8 Å². The molecule has 4 heteroatoms. The maximum atomic E-state index is 4.44. The van der Waals surface area contributed by atoms with Crippen LogP contribution in [0.1, 0.15) is 38.9 Å². The summed E-state index contributed by atoms with van der Waals surface area (Å²) in [6.07, 6.45) is 4.09. The largest absolute Gasteiger partial charge is 0.370 e. The monoisotopic (exact) mass is 248 g/mol. The van der Waals surface area contributed by atoms with Gasteiger partial charge in [-0.25, -0.2) is 9.97 Å². The summed E-state index contributed by atoms with van der Waals surface area (Å²) >= 11 is 0. The lowest BCUT2D eigenvalue weighted by atomic mass is 9.98. The molecule has 1 fully saturated rings. The molecule has 0 spiro atoms. The molecule has 1 aromatic heterocycles. The van der Waals surface area contributed by atoms with Gasteiger partial charge in [-0.2, -0.15) is 0 Å². The third-order valence-corrected chi connectivity index (χ3v) is 3.78. The van der Waals surface area contributed by atoms with E-state index in [-0.39, 0.29) is 0 Å². The molecule has 2 N–H and O–H groups in total. The average Bonchev–Trinajstić information content (AvgIpc) is 2.72. The van der Waals surface area contributed by atoms with Gasteiger partial charge >= 0.3 is 0 Å². The van der Waals surface area contributed by atoms with Crippen LogP contribution in [-0.2, 0) is 0 Å². The van der Waals surface area contributed by atoms with Crippen LogP contribution < -0.4 is 10.6 Å². The van der Waals surface area contributed by atoms with Crippen molar-refractivity contribution in [2.45, 2.75) is 40.0 Å². The van der Waals surface area contributed by atoms with Gasteiger partial charge in [-0.05, 0) is 32.1 Å². The Labute approximate surface area is 110 Å². The Morgan fingerprint density at radius 3 is 2.56 bits per heavy atom. The number of anilines is 2. The highest BCUT2D eigenvalue weighted by atomic mass is 15.1. The second-order valence-corrected chi connectivity index (χ2v) is 5.27. The highest BCUT2D eigenvalue weighted by Gasteiger charge is 2.22. The highest BCUT2D eigenvalue weighted by molar-refractivity contribution is 5.47. The predicted octanol–water partition coefficient (Wildman–Crippen LogP) is 3.06. The first-order valence-corrected chi connectivity index (χ1v) is 7.02. The van der Waals surface area contributed by atoms with E-state index >= 15 is 0 Å². The number of nitrogens with one attached hydrogen (secondary N) is 2. The Kier molecular flexibility index (Phi) is 4.39. The first-order chi connectivity index (χ1) is 8.69. The number of nitrogens with zero attached hydrogens (tertiary/aromatic N) is 2. The van der Waals surface area contributed by atoms with E-state index in [2.05, 4.69) is 34.4 Å². The molecule has 1 aliphatic rings. The molecule has 0 aromatic carbocycles. The lowest BCUT2D eigenvalue weighted by Crippen LogP contribution is -2.17. The summed E-state index contributed by atoms with van der Waals surface area (Å²) in [6, 6.07) is 2.00. The summed E-state index contributed by atoms with van der Waals surface area (Å²) in [5, 5.41) is 6.70. The zero-order valence-electron chi connectivity index (χ0n) is 11.7. The van der Waals surface area contributed by atoms with Gasteiger partial charge in [-0.1, -0.05) is 19.8 Å². The van der Waals surface area contributed by atoms with Gasteiger partial charge < -0.3 is 10.6 Å². The fraction of sp³-hybridized carbons (Fsp3) is 0.714. The summed E-state index contributed by atoms with van der Waals surface area (Å²) in [4.78, 5) is 8.80. The van der Waals surface area contributed by atoms with Crippen LogP contribution in [0.25, 0.3) is 0 Å². The molecule has 0 aliphatic heterocycles. The van der Waals surface area contributed by atoms with Gasteiger partial charge in [-0.15, -0.1) is 0 Å². The molecule has 1 saturated carbocycles. The molecule has 100 valence electrons. The Hall–Kier alpha value is -1.32. The van der Waals surface area contributed by atoms with Crippen molar-refractivity contribution >= 4 is 11.6 Å². The van der Waals surface area contributed by atoms with Crippen LogP contribution in [-0.4, -0.2) is 23.1 Å². The van der Waals surface area contributed by atoms with Gasteiger partial charge in [0.15, 0.2) is 0 Å². The second kappa shape index (κ2) is 6.03. The van der Waals surface area contributed by atoms with Gasteiger partial charge in [0, 0.05) is 19.2 Å². The highest BCUT2D eigenvalue weighted by Crippen LogP contribution is 2.31. The molecule has 0 saturated heterocycles. The second-order valence-electron chi connectivity index (χ2n) is 5.27. The summed E-state index contributed by atoms with van der Waals surface area (Å²) in [7, 11) is 0. The minimum atomic E-state index is 0.794. The van der Waals surface area contributed by atoms with Crippen molar-refractivity contribution in [3.63, 3.8) is 0 Å². The Morgan fingerprint density at radius 1 is 1.22 bits per heavy atom. The zero-order valence-corrected chi connectivity index (χ0v) is 11.7. The summed E-state index contributed by atoms with van der Waals surface area (Å²) < 4.78 is 0. The van der Waals surface area contributed by atoms with Crippen molar-refractivity contribution in [3.05, 3.63) is 11.9 Å². The Balaban J connectivity index is 1.95. The van der Waals surface area contributed by atoms with Crippen LogP contribution in [0.2, 0.25) is 0 Å². The van der Waals surface area contributed by atoms with Gasteiger partial charge in [0.25, 0.3) is 0 Å². The van der Waals surface area contributed by atoms with Crippen molar-refractivity contribution in [1.82, 2.24) is 9.97 Å². The molecule has 0 bridgehead atoms. The predicted molar refractivity (Wildman–Crippen MR) is 75.9 cm³/mol. The molecule has 0 radical (unpaired) electrons. The quantitative estimate of drug-likeness (QED) is 0.841. The Bertz CT molecular complexity index is 391. The maximum Gasteiger partial charge on any atom is 0.131 e. The molecule has 0 amide bonds. The number of hydrogen-bond donors (Lipinski definition) is 2. The lowest BCUT2D eigenvalue weighted by molar-refractivity contribution is 0.439. The Morgan fingerprint density at radius 2 is 1.94 bits per heavy atom. The van der Waals surface area contributed by atoms with E-state index < -0.39 is 0 Å². The molecule has 2 rings (SSSR count). The normalized spacial score (nSPS) is 23.1. The fourth-order valence-corrected chi connectivity index (χ4v) is 2.69. The van der Waals surface area contributed by atoms with Crippen molar-refractivity contribution < 1.29 is 0 Å². The minimum absolute atomic E-state index is 0.794. The number of aryl methyl sites for hydroxylation is 1. The molecular formula is C14H24N4. The number of rotatable bonds is 5. The smallest absolute Gasteiger partial charge is 0.131 e. The lowest BCUT2D eigenvalue weighted by Gasteiger charge is -2.16. The van der Waals surface area contributed by atoms with Crippen molar-refractivity contribution in [3.8, 4) is 0 Å². The van der Waals surface area contributed by atoms with E-state index in [4.69, 9.17) is 0 Å².